The van der Waals surface area contributed by atoms with Crippen LogP contribution in [0.4, 0.5) is 0 Å². The monoisotopic (exact) mass is 304 g/mol. The Morgan fingerprint density at radius 1 is 1.29 bits per heavy atom. The third-order valence-electron chi connectivity index (χ3n) is 3.00. The molecule has 0 bridgehead atoms. The summed E-state index contributed by atoms with van der Waals surface area (Å²) in [5, 5.41) is 2.96. The van der Waals surface area contributed by atoms with Crippen LogP contribution in [0.3, 0.4) is 0 Å². The fraction of sp³-hybridized carbons (Fsp3) is 0.412. The third kappa shape index (κ3) is 5.65. The van der Waals surface area contributed by atoms with Crippen LogP contribution in [0.25, 0.3) is 0 Å². The van der Waals surface area contributed by atoms with Gasteiger partial charge in [-0.1, -0.05) is 38.0 Å². The number of carbonyl (C=O) groups excluding carboxylic acids is 2. The number of carbonyl (C=O) groups is 2. The van der Waals surface area contributed by atoms with Crippen molar-refractivity contribution in [2.45, 2.75) is 31.6 Å². The fourth-order valence-corrected chi connectivity index (χ4v) is 2.55. The Morgan fingerprint density at radius 3 is 2.52 bits per heavy atom. The van der Waals surface area contributed by atoms with E-state index in [1.165, 1.54) is 18.9 Å². The second kappa shape index (κ2) is 9.25. The van der Waals surface area contributed by atoms with Crippen molar-refractivity contribution >= 4 is 23.5 Å². The molecule has 112 valence electrons. The SMILES string of the molecule is CCCC(=O)C(C(=O)OC)C(C)C#CSc1ccccc1. The summed E-state index contributed by atoms with van der Waals surface area (Å²) in [6.45, 7) is 3.70. The van der Waals surface area contributed by atoms with Gasteiger partial charge in [0.25, 0.3) is 0 Å². The van der Waals surface area contributed by atoms with E-state index in [4.69, 9.17) is 4.74 Å². The maximum atomic E-state index is 12.0. The van der Waals surface area contributed by atoms with E-state index in [0.717, 1.165) is 4.90 Å². The van der Waals surface area contributed by atoms with Gasteiger partial charge in [0.1, 0.15) is 11.7 Å². The lowest BCUT2D eigenvalue weighted by atomic mass is 9.89. The molecule has 0 fully saturated rings. The molecule has 0 saturated carbocycles. The minimum absolute atomic E-state index is 0.101. The van der Waals surface area contributed by atoms with Crippen LogP contribution < -0.4 is 0 Å². The highest BCUT2D eigenvalue weighted by Crippen LogP contribution is 2.19. The van der Waals surface area contributed by atoms with E-state index in [2.05, 4.69) is 11.2 Å². The molecule has 0 saturated heterocycles. The average Bonchev–Trinajstić information content (AvgIpc) is 2.48. The molecule has 0 aliphatic carbocycles. The summed E-state index contributed by atoms with van der Waals surface area (Å²) >= 11 is 1.39. The normalized spacial score (nSPS) is 12.7. The van der Waals surface area contributed by atoms with Gasteiger partial charge in [0, 0.05) is 17.2 Å². The molecular weight excluding hydrogens is 284 g/mol. The molecule has 0 aliphatic heterocycles. The van der Waals surface area contributed by atoms with Crippen molar-refractivity contribution in [2.75, 3.05) is 7.11 Å². The molecule has 1 aromatic rings. The first-order chi connectivity index (χ1) is 10.1. The van der Waals surface area contributed by atoms with Crippen LogP contribution in [0, 0.1) is 23.0 Å². The molecule has 0 spiro atoms. The van der Waals surface area contributed by atoms with E-state index in [-0.39, 0.29) is 11.7 Å². The Kier molecular flexibility index (Phi) is 7.63. The number of rotatable bonds is 6. The standard InChI is InChI=1S/C17H20O3S/c1-4-8-15(18)16(17(19)20-3)13(2)11-12-21-14-9-6-5-7-10-14/h5-7,9-10,13,16H,4,8H2,1-3H3. The Morgan fingerprint density at radius 2 is 1.95 bits per heavy atom. The summed E-state index contributed by atoms with van der Waals surface area (Å²) in [4.78, 5) is 24.9. The number of benzene rings is 1. The molecule has 2 unspecified atom stereocenters. The summed E-state index contributed by atoms with van der Waals surface area (Å²) in [6, 6.07) is 9.75. The van der Waals surface area contributed by atoms with Gasteiger partial charge in [-0.25, -0.2) is 0 Å². The van der Waals surface area contributed by atoms with Gasteiger partial charge < -0.3 is 4.74 Å². The van der Waals surface area contributed by atoms with E-state index in [9.17, 15) is 9.59 Å². The summed E-state index contributed by atoms with van der Waals surface area (Å²) in [7, 11) is 1.30. The third-order valence-corrected chi connectivity index (χ3v) is 3.72. The molecule has 0 amide bonds. The predicted octanol–water partition coefficient (Wildman–Crippen LogP) is 3.53. The molecule has 1 rings (SSSR count). The van der Waals surface area contributed by atoms with Crippen molar-refractivity contribution in [3.63, 3.8) is 0 Å². The Bertz CT molecular complexity index is 528. The Balaban J connectivity index is 2.75. The van der Waals surface area contributed by atoms with Crippen molar-refractivity contribution < 1.29 is 14.3 Å². The number of hydrogen-bond acceptors (Lipinski definition) is 4. The molecule has 0 aliphatic rings. The molecule has 3 nitrogen and oxygen atoms in total. The predicted molar refractivity (Wildman–Crippen MR) is 84.7 cm³/mol. The zero-order chi connectivity index (χ0) is 15.7. The summed E-state index contributed by atoms with van der Waals surface area (Å²) < 4.78 is 4.73. The molecular formula is C17H20O3S. The van der Waals surface area contributed by atoms with Crippen LogP contribution >= 0.6 is 11.8 Å². The number of Topliss-reactive ketones (excluding diaryl/α,β-unsaturated/α-hetero) is 1. The van der Waals surface area contributed by atoms with Crippen LogP contribution in [0.5, 0.6) is 0 Å². The van der Waals surface area contributed by atoms with Crippen molar-refractivity contribution in [3.05, 3.63) is 30.3 Å². The highest BCUT2D eigenvalue weighted by Gasteiger charge is 2.31. The molecule has 2 atom stereocenters. The number of ketones is 1. The van der Waals surface area contributed by atoms with Gasteiger partial charge in [0.15, 0.2) is 0 Å². The van der Waals surface area contributed by atoms with Crippen LogP contribution in [0.1, 0.15) is 26.7 Å². The number of ether oxygens (including phenoxy) is 1. The van der Waals surface area contributed by atoms with Gasteiger partial charge in [-0.3, -0.25) is 9.59 Å². The minimum atomic E-state index is -0.793. The first-order valence-electron chi connectivity index (χ1n) is 6.93. The van der Waals surface area contributed by atoms with Gasteiger partial charge >= 0.3 is 5.97 Å². The lowest BCUT2D eigenvalue weighted by Gasteiger charge is -2.15. The number of hydrogen-bond donors (Lipinski definition) is 0. The molecule has 21 heavy (non-hydrogen) atoms. The van der Waals surface area contributed by atoms with Gasteiger partial charge in [0.05, 0.1) is 7.11 Å². The lowest BCUT2D eigenvalue weighted by Crippen LogP contribution is -2.30. The second-order valence-corrected chi connectivity index (χ2v) is 5.55. The van der Waals surface area contributed by atoms with Crippen molar-refractivity contribution in [2.24, 2.45) is 11.8 Å². The number of esters is 1. The van der Waals surface area contributed by atoms with Crippen molar-refractivity contribution in [1.29, 1.82) is 0 Å². The van der Waals surface area contributed by atoms with Crippen LogP contribution in [0.15, 0.2) is 35.2 Å². The Hall–Kier alpha value is -1.73. The van der Waals surface area contributed by atoms with Crippen molar-refractivity contribution in [1.82, 2.24) is 0 Å². The van der Waals surface area contributed by atoms with Gasteiger partial charge in [-0.05, 0) is 35.6 Å². The van der Waals surface area contributed by atoms with Crippen molar-refractivity contribution in [3.8, 4) is 11.2 Å². The largest absolute Gasteiger partial charge is 0.468 e. The molecule has 1 aromatic carbocycles. The maximum absolute atomic E-state index is 12.0. The minimum Gasteiger partial charge on any atom is -0.468 e. The van der Waals surface area contributed by atoms with E-state index < -0.39 is 11.9 Å². The molecule has 0 aromatic heterocycles. The molecule has 0 heterocycles. The number of thioether (sulfide) groups is 1. The average molecular weight is 304 g/mol. The topological polar surface area (TPSA) is 43.4 Å². The molecule has 0 N–H and O–H groups in total. The lowest BCUT2D eigenvalue weighted by molar-refractivity contribution is -0.150. The van der Waals surface area contributed by atoms with Gasteiger partial charge in [-0.2, -0.15) is 0 Å². The Labute approximate surface area is 130 Å². The number of methoxy groups -OCH3 is 1. The first kappa shape index (κ1) is 17.3. The zero-order valence-electron chi connectivity index (χ0n) is 12.6. The van der Waals surface area contributed by atoms with Crippen LogP contribution in [-0.4, -0.2) is 18.9 Å². The van der Waals surface area contributed by atoms with Crippen LogP contribution in [0.2, 0.25) is 0 Å². The van der Waals surface area contributed by atoms with Gasteiger partial charge in [0.2, 0.25) is 0 Å². The van der Waals surface area contributed by atoms with Crippen LogP contribution in [-0.2, 0) is 14.3 Å². The molecule has 4 heteroatoms. The fourth-order valence-electron chi connectivity index (χ4n) is 1.90. The maximum Gasteiger partial charge on any atom is 0.317 e. The highest BCUT2D eigenvalue weighted by atomic mass is 32.2. The quantitative estimate of drug-likeness (QED) is 0.349. The molecule has 0 radical (unpaired) electrons. The van der Waals surface area contributed by atoms with E-state index >= 15 is 0 Å². The highest BCUT2D eigenvalue weighted by molar-refractivity contribution is 8.03. The van der Waals surface area contributed by atoms with E-state index in [1.807, 2.05) is 37.3 Å². The zero-order valence-corrected chi connectivity index (χ0v) is 13.4. The van der Waals surface area contributed by atoms with E-state index in [0.29, 0.717) is 12.8 Å². The van der Waals surface area contributed by atoms with Gasteiger partial charge in [-0.15, -0.1) is 0 Å². The summed E-state index contributed by atoms with van der Waals surface area (Å²) in [5.41, 5.74) is 0. The summed E-state index contributed by atoms with van der Waals surface area (Å²) in [5.74, 6) is 1.23. The second-order valence-electron chi connectivity index (χ2n) is 4.67. The first-order valence-corrected chi connectivity index (χ1v) is 7.74. The van der Waals surface area contributed by atoms with E-state index in [1.54, 1.807) is 6.92 Å². The smallest absolute Gasteiger partial charge is 0.317 e. The summed E-state index contributed by atoms with van der Waals surface area (Å²) in [6.07, 6.45) is 1.09.